The van der Waals surface area contributed by atoms with E-state index in [1.54, 1.807) is 6.08 Å². The highest BCUT2D eigenvalue weighted by atomic mass is 15.1. The van der Waals surface area contributed by atoms with Crippen molar-refractivity contribution in [2.45, 2.75) is 13.8 Å². The number of nitrogens with two attached hydrogens (primary N) is 1. The number of anilines is 1. The van der Waals surface area contributed by atoms with Gasteiger partial charge < -0.3 is 11.1 Å². The third kappa shape index (κ3) is 3.46. The minimum atomic E-state index is 0.415. The van der Waals surface area contributed by atoms with Crippen LogP contribution in [-0.4, -0.2) is 12.5 Å². The van der Waals surface area contributed by atoms with Gasteiger partial charge in [0.15, 0.2) is 5.96 Å². The molecular weight excluding hydrogens is 186 g/mol. The molecule has 1 rings (SSSR count). The second kappa shape index (κ2) is 5.20. The molecule has 3 N–H and O–H groups in total. The zero-order valence-corrected chi connectivity index (χ0v) is 9.25. The molecule has 1 aromatic rings. The molecule has 0 amide bonds. The summed E-state index contributed by atoms with van der Waals surface area (Å²) in [5.74, 6) is 0.415. The molecule has 0 saturated carbocycles. The molecule has 0 aliphatic heterocycles. The van der Waals surface area contributed by atoms with Crippen LogP contribution in [0, 0.1) is 13.8 Å². The maximum atomic E-state index is 5.67. The molecule has 0 radical (unpaired) electrons. The van der Waals surface area contributed by atoms with E-state index in [1.807, 2.05) is 12.1 Å². The van der Waals surface area contributed by atoms with Gasteiger partial charge >= 0.3 is 0 Å². The van der Waals surface area contributed by atoms with Crippen molar-refractivity contribution in [2.75, 3.05) is 11.9 Å². The topological polar surface area (TPSA) is 50.4 Å². The van der Waals surface area contributed by atoms with E-state index in [0.717, 1.165) is 5.69 Å². The summed E-state index contributed by atoms with van der Waals surface area (Å²) in [6.07, 6.45) is 1.70. The molecule has 3 heteroatoms. The lowest BCUT2D eigenvalue weighted by atomic mass is 10.1. The van der Waals surface area contributed by atoms with Gasteiger partial charge in [0, 0.05) is 5.69 Å². The summed E-state index contributed by atoms with van der Waals surface area (Å²) in [6, 6.07) is 6.09. The average molecular weight is 203 g/mol. The minimum Gasteiger partial charge on any atom is -0.370 e. The number of benzene rings is 1. The molecule has 0 aliphatic carbocycles. The lowest BCUT2D eigenvalue weighted by molar-refractivity contribution is 1.22. The molecule has 0 bridgehead atoms. The molecule has 0 unspecified atom stereocenters. The first-order valence-electron chi connectivity index (χ1n) is 4.88. The summed E-state index contributed by atoms with van der Waals surface area (Å²) < 4.78 is 0. The Morgan fingerprint density at radius 3 is 2.80 bits per heavy atom. The summed E-state index contributed by atoms with van der Waals surface area (Å²) in [5, 5.41) is 3.02. The number of hydrogen-bond donors (Lipinski definition) is 2. The normalized spacial score (nSPS) is 11.2. The van der Waals surface area contributed by atoms with Crippen LogP contribution in [0.4, 0.5) is 5.69 Å². The summed E-state index contributed by atoms with van der Waals surface area (Å²) >= 11 is 0. The van der Waals surface area contributed by atoms with Crippen molar-refractivity contribution in [2.24, 2.45) is 10.7 Å². The van der Waals surface area contributed by atoms with E-state index in [2.05, 4.69) is 36.8 Å². The molecule has 15 heavy (non-hydrogen) atoms. The zero-order chi connectivity index (χ0) is 11.3. The third-order valence-electron chi connectivity index (χ3n) is 2.17. The highest BCUT2D eigenvalue weighted by Crippen LogP contribution is 2.13. The molecule has 0 spiro atoms. The molecule has 80 valence electrons. The smallest absolute Gasteiger partial charge is 0.193 e. The molecule has 0 atom stereocenters. The Morgan fingerprint density at radius 1 is 1.47 bits per heavy atom. The van der Waals surface area contributed by atoms with Gasteiger partial charge in [-0.25, -0.2) is 4.99 Å². The molecule has 0 saturated heterocycles. The highest BCUT2D eigenvalue weighted by Gasteiger charge is 1.96. The Labute approximate surface area is 90.7 Å². The van der Waals surface area contributed by atoms with Gasteiger partial charge in [-0.1, -0.05) is 12.1 Å². The Bertz CT molecular complexity index is 380. The molecule has 3 nitrogen and oxygen atoms in total. The van der Waals surface area contributed by atoms with Gasteiger partial charge in [0.05, 0.1) is 6.54 Å². The van der Waals surface area contributed by atoms with Crippen molar-refractivity contribution < 1.29 is 0 Å². The Balaban J connectivity index is 2.72. The SMILES string of the molecule is C=CCN=C(N)Nc1ccc(C)c(C)c1. The van der Waals surface area contributed by atoms with Crippen LogP contribution in [0.2, 0.25) is 0 Å². The number of aryl methyl sites for hydroxylation is 2. The summed E-state index contributed by atoms with van der Waals surface area (Å²) in [7, 11) is 0. The van der Waals surface area contributed by atoms with Crippen molar-refractivity contribution in [1.82, 2.24) is 0 Å². The first-order valence-corrected chi connectivity index (χ1v) is 4.88. The number of nitrogens with one attached hydrogen (secondary N) is 1. The lowest BCUT2D eigenvalue weighted by Gasteiger charge is -2.07. The fourth-order valence-corrected chi connectivity index (χ4v) is 1.17. The van der Waals surface area contributed by atoms with Gasteiger partial charge in [-0.2, -0.15) is 0 Å². The van der Waals surface area contributed by atoms with Crippen molar-refractivity contribution in [3.8, 4) is 0 Å². The zero-order valence-electron chi connectivity index (χ0n) is 9.25. The Morgan fingerprint density at radius 2 is 2.20 bits per heavy atom. The third-order valence-corrected chi connectivity index (χ3v) is 2.17. The Hall–Kier alpha value is -1.77. The second-order valence-electron chi connectivity index (χ2n) is 3.44. The fourth-order valence-electron chi connectivity index (χ4n) is 1.17. The fraction of sp³-hybridized carbons (Fsp3) is 0.250. The van der Waals surface area contributed by atoms with E-state index in [-0.39, 0.29) is 0 Å². The number of nitrogens with zero attached hydrogens (tertiary/aromatic N) is 1. The maximum Gasteiger partial charge on any atom is 0.193 e. The van der Waals surface area contributed by atoms with E-state index >= 15 is 0 Å². The highest BCUT2D eigenvalue weighted by molar-refractivity contribution is 5.92. The van der Waals surface area contributed by atoms with Crippen molar-refractivity contribution in [1.29, 1.82) is 0 Å². The Kier molecular flexibility index (Phi) is 3.92. The lowest BCUT2D eigenvalue weighted by Crippen LogP contribution is -2.22. The number of hydrogen-bond acceptors (Lipinski definition) is 1. The predicted octanol–water partition coefficient (Wildman–Crippen LogP) is 2.22. The van der Waals surface area contributed by atoms with E-state index < -0.39 is 0 Å². The number of aliphatic imine (C=N–C) groups is 1. The first-order chi connectivity index (χ1) is 7.13. The van der Waals surface area contributed by atoms with Crippen LogP contribution in [-0.2, 0) is 0 Å². The van der Waals surface area contributed by atoms with Crippen molar-refractivity contribution >= 4 is 11.6 Å². The summed E-state index contributed by atoms with van der Waals surface area (Å²) in [4.78, 5) is 4.06. The second-order valence-corrected chi connectivity index (χ2v) is 3.44. The summed E-state index contributed by atoms with van der Waals surface area (Å²) in [5.41, 5.74) is 9.13. The van der Waals surface area contributed by atoms with E-state index in [9.17, 15) is 0 Å². The molecule has 0 fully saturated rings. The van der Waals surface area contributed by atoms with Gasteiger partial charge in [-0.3, -0.25) is 0 Å². The molecule has 0 heterocycles. The largest absolute Gasteiger partial charge is 0.370 e. The average Bonchev–Trinajstić information content (AvgIpc) is 2.20. The maximum absolute atomic E-state index is 5.67. The van der Waals surface area contributed by atoms with Gasteiger partial charge in [0.2, 0.25) is 0 Å². The molecule has 0 aliphatic rings. The predicted molar refractivity (Wildman–Crippen MR) is 66.2 cm³/mol. The molecule has 0 aromatic heterocycles. The number of rotatable bonds is 3. The standard InChI is InChI=1S/C12H17N3/c1-4-7-14-12(13)15-11-6-5-9(2)10(3)8-11/h4-6,8H,1,7H2,2-3H3,(H3,13,14,15). The first kappa shape index (κ1) is 11.3. The number of guanidine groups is 1. The van der Waals surface area contributed by atoms with Gasteiger partial charge in [-0.05, 0) is 37.1 Å². The van der Waals surface area contributed by atoms with Gasteiger partial charge in [0.1, 0.15) is 0 Å². The monoisotopic (exact) mass is 203 g/mol. The van der Waals surface area contributed by atoms with Gasteiger partial charge in [-0.15, -0.1) is 6.58 Å². The van der Waals surface area contributed by atoms with Crippen LogP contribution in [0.3, 0.4) is 0 Å². The van der Waals surface area contributed by atoms with E-state index in [4.69, 9.17) is 5.73 Å². The van der Waals surface area contributed by atoms with E-state index in [1.165, 1.54) is 11.1 Å². The minimum absolute atomic E-state index is 0.415. The summed E-state index contributed by atoms with van der Waals surface area (Å²) in [6.45, 7) is 8.25. The molecule has 1 aromatic carbocycles. The van der Waals surface area contributed by atoms with Gasteiger partial charge in [0.25, 0.3) is 0 Å². The van der Waals surface area contributed by atoms with Crippen LogP contribution in [0.15, 0.2) is 35.8 Å². The van der Waals surface area contributed by atoms with Crippen LogP contribution in [0.25, 0.3) is 0 Å². The molecular formula is C12H17N3. The van der Waals surface area contributed by atoms with Crippen molar-refractivity contribution in [3.63, 3.8) is 0 Å². The van der Waals surface area contributed by atoms with E-state index in [0.29, 0.717) is 12.5 Å². The van der Waals surface area contributed by atoms with Crippen LogP contribution in [0.5, 0.6) is 0 Å². The van der Waals surface area contributed by atoms with Crippen LogP contribution >= 0.6 is 0 Å². The van der Waals surface area contributed by atoms with Crippen LogP contribution < -0.4 is 11.1 Å². The van der Waals surface area contributed by atoms with Crippen molar-refractivity contribution in [3.05, 3.63) is 42.0 Å². The van der Waals surface area contributed by atoms with Crippen LogP contribution in [0.1, 0.15) is 11.1 Å². The quantitative estimate of drug-likeness (QED) is 0.449.